The molecule has 3 heterocycles. The zero-order valence-corrected chi connectivity index (χ0v) is 20.1. The van der Waals surface area contributed by atoms with Crippen LogP contribution in [0.3, 0.4) is 0 Å². The van der Waals surface area contributed by atoms with Gasteiger partial charge in [0.05, 0.1) is 5.52 Å². The highest BCUT2D eigenvalue weighted by molar-refractivity contribution is 5.91. The van der Waals surface area contributed by atoms with Crippen molar-refractivity contribution < 1.29 is 0 Å². The van der Waals surface area contributed by atoms with Crippen LogP contribution >= 0.6 is 12.4 Å². The Kier molecular flexibility index (Phi) is 4.79. The van der Waals surface area contributed by atoms with Gasteiger partial charge >= 0.3 is 0 Å². The quantitative estimate of drug-likeness (QED) is 0.417. The second kappa shape index (κ2) is 7.37. The molecule has 0 amide bonds. The van der Waals surface area contributed by atoms with E-state index in [-0.39, 0.29) is 12.4 Å². The molecule has 0 atom stereocenters. The Bertz CT molecular complexity index is 1160. The Morgan fingerprint density at radius 3 is 2.34 bits per heavy atom. The van der Waals surface area contributed by atoms with E-state index in [0.29, 0.717) is 10.8 Å². The number of nitrogens with zero attached hydrogens (tertiary/aromatic N) is 2. The van der Waals surface area contributed by atoms with Crippen LogP contribution in [0, 0.1) is 10.8 Å². The highest BCUT2D eigenvalue weighted by Crippen LogP contribution is 2.57. The molecule has 5 aliphatic rings. The lowest BCUT2D eigenvalue weighted by Crippen LogP contribution is -2.47. The fraction of sp³-hybridized carbons (Fsp3) is 0.517. The molecule has 1 aromatic heterocycles. The zero-order chi connectivity index (χ0) is 20.6. The molecule has 3 aromatic rings. The predicted molar refractivity (Wildman–Crippen MR) is 135 cm³/mol. The molecule has 0 N–H and O–H groups in total. The molecule has 0 radical (unpaired) electrons. The van der Waals surface area contributed by atoms with Crippen LogP contribution in [0.4, 0.5) is 0 Å². The third-order valence-electron chi connectivity index (χ3n) is 9.56. The summed E-state index contributed by atoms with van der Waals surface area (Å²) in [6, 6.07) is 16.2. The third kappa shape index (κ3) is 3.02. The van der Waals surface area contributed by atoms with Crippen LogP contribution < -0.4 is 0 Å². The molecule has 8 rings (SSSR count). The maximum Gasteiger partial charge on any atom is 0.0567 e. The number of fused-ring (bicyclic) bond motifs is 8. The molecule has 2 aliphatic heterocycles. The van der Waals surface area contributed by atoms with Gasteiger partial charge in [0.25, 0.3) is 0 Å². The van der Waals surface area contributed by atoms with Crippen LogP contribution in [0.15, 0.2) is 42.5 Å². The van der Waals surface area contributed by atoms with Gasteiger partial charge in [0.2, 0.25) is 0 Å². The largest absolute Gasteiger partial charge is 0.313 e. The average molecular weight is 447 g/mol. The van der Waals surface area contributed by atoms with Gasteiger partial charge in [-0.05, 0) is 85.0 Å². The Balaban J connectivity index is 0.00000196. The first kappa shape index (κ1) is 20.8. The molecule has 2 aromatic carbocycles. The first-order chi connectivity index (χ1) is 15.1. The molecule has 3 saturated carbocycles. The minimum absolute atomic E-state index is 0. The summed E-state index contributed by atoms with van der Waals surface area (Å²) in [6.07, 6.45) is 12.3. The topological polar surface area (TPSA) is 8.17 Å². The molecule has 3 fully saturated rings. The number of aryl methyl sites for hydroxylation is 2. The molecular formula is C29H35ClN2. The van der Waals surface area contributed by atoms with E-state index in [9.17, 15) is 0 Å². The van der Waals surface area contributed by atoms with Crippen LogP contribution in [-0.4, -0.2) is 22.6 Å². The average Bonchev–Trinajstić information content (AvgIpc) is 3.02. The summed E-state index contributed by atoms with van der Waals surface area (Å²) < 4.78 is 2.66. The van der Waals surface area contributed by atoms with Crippen molar-refractivity contribution in [1.82, 2.24) is 9.47 Å². The normalized spacial score (nSPS) is 28.7. The highest BCUT2D eigenvalue weighted by Gasteiger charge is 2.47. The van der Waals surface area contributed by atoms with Gasteiger partial charge in [0.1, 0.15) is 0 Å². The molecule has 0 spiro atoms. The molecule has 0 saturated heterocycles. The highest BCUT2D eigenvalue weighted by atomic mass is 35.5. The molecule has 168 valence electrons. The van der Waals surface area contributed by atoms with Gasteiger partial charge in [-0.25, -0.2) is 0 Å². The molecule has 2 bridgehead atoms. The van der Waals surface area contributed by atoms with E-state index in [4.69, 9.17) is 0 Å². The van der Waals surface area contributed by atoms with Crippen molar-refractivity contribution in [2.45, 2.75) is 71.3 Å². The van der Waals surface area contributed by atoms with Gasteiger partial charge in [0, 0.05) is 42.8 Å². The van der Waals surface area contributed by atoms with Crippen molar-refractivity contribution >= 4 is 23.3 Å². The van der Waals surface area contributed by atoms with E-state index in [1.165, 1.54) is 85.8 Å². The van der Waals surface area contributed by atoms with Gasteiger partial charge in [-0.1, -0.05) is 43.3 Å². The lowest BCUT2D eigenvalue weighted by atomic mass is 9.54. The number of halogens is 1. The summed E-state index contributed by atoms with van der Waals surface area (Å²) in [6.45, 7) is 6.23. The molecule has 2 nitrogen and oxygen atoms in total. The first-order valence-corrected chi connectivity index (χ1v) is 12.6. The first-order valence-electron chi connectivity index (χ1n) is 12.6. The van der Waals surface area contributed by atoms with Crippen LogP contribution in [0.5, 0.6) is 0 Å². The monoisotopic (exact) mass is 446 g/mol. The maximum absolute atomic E-state index is 2.82. The van der Waals surface area contributed by atoms with Crippen LogP contribution in [-0.2, 0) is 25.8 Å². The van der Waals surface area contributed by atoms with Gasteiger partial charge in [-0.2, -0.15) is 0 Å². The lowest BCUT2D eigenvalue weighted by molar-refractivity contribution is -0.0228. The zero-order valence-electron chi connectivity index (χ0n) is 19.3. The van der Waals surface area contributed by atoms with Crippen molar-refractivity contribution in [1.29, 1.82) is 0 Å². The molecule has 32 heavy (non-hydrogen) atoms. The second-order valence-electron chi connectivity index (χ2n) is 11.5. The predicted octanol–water partition coefficient (Wildman–Crippen LogP) is 6.87. The van der Waals surface area contributed by atoms with E-state index in [2.05, 4.69) is 58.9 Å². The summed E-state index contributed by atoms with van der Waals surface area (Å²) >= 11 is 0. The second-order valence-corrected chi connectivity index (χ2v) is 11.5. The van der Waals surface area contributed by atoms with E-state index >= 15 is 0 Å². The summed E-state index contributed by atoms with van der Waals surface area (Å²) in [5.41, 5.74) is 10.5. The maximum atomic E-state index is 2.82. The van der Waals surface area contributed by atoms with E-state index in [1.807, 2.05) is 0 Å². The standard InChI is InChI=1S/C29H34N2.ClH/c1-28-12-15-29(16-13-28,17-14-28)20-30-18-11-26-24(19-30)23-7-4-6-22-10-9-21-5-2-3-8-25(21)31(26)27(22)23;/h2-8H,9-20H2,1H3;1H. The SMILES string of the molecule is CC12CCC(CN3CCc4c(c5cccc6c5n4-c4ccccc4CC6)C3)(CC1)CC2.Cl. The van der Waals surface area contributed by atoms with Crippen molar-refractivity contribution in [3.8, 4) is 5.69 Å². The fourth-order valence-corrected chi connectivity index (χ4v) is 7.50. The minimum Gasteiger partial charge on any atom is -0.313 e. The Morgan fingerprint density at radius 2 is 1.53 bits per heavy atom. The summed E-state index contributed by atoms with van der Waals surface area (Å²) in [7, 11) is 0. The Hall–Kier alpha value is -1.77. The molecule has 0 unspecified atom stereocenters. The van der Waals surface area contributed by atoms with E-state index < -0.39 is 0 Å². The smallest absolute Gasteiger partial charge is 0.0567 e. The third-order valence-corrected chi connectivity index (χ3v) is 9.56. The summed E-state index contributed by atoms with van der Waals surface area (Å²) in [4.78, 5) is 2.82. The van der Waals surface area contributed by atoms with Crippen LogP contribution in [0.2, 0.25) is 0 Å². The van der Waals surface area contributed by atoms with Gasteiger partial charge in [0.15, 0.2) is 0 Å². The van der Waals surface area contributed by atoms with Crippen molar-refractivity contribution in [3.63, 3.8) is 0 Å². The number of aromatic nitrogens is 1. The number of benzene rings is 2. The van der Waals surface area contributed by atoms with Gasteiger partial charge in [-0.3, -0.25) is 4.90 Å². The number of hydrogen-bond donors (Lipinski definition) is 0. The van der Waals surface area contributed by atoms with Crippen LogP contribution in [0.25, 0.3) is 16.6 Å². The van der Waals surface area contributed by atoms with Crippen molar-refractivity contribution in [2.75, 3.05) is 13.1 Å². The minimum atomic E-state index is 0. The van der Waals surface area contributed by atoms with Crippen LogP contribution in [0.1, 0.15) is 67.8 Å². The fourth-order valence-electron chi connectivity index (χ4n) is 7.50. The molecular weight excluding hydrogens is 412 g/mol. The number of rotatable bonds is 2. The summed E-state index contributed by atoms with van der Waals surface area (Å²) in [5.74, 6) is 0. The van der Waals surface area contributed by atoms with Crippen molar-refractivity contribution in [3.05, 3.63) is 64.8 Å². The van der Waals surface area contributed by atoms with Gasteiger partial charge in [-0.15, -0.1) is 12.4 Å². The number of hydrogen-bond acceptors (Lipinski definition) is 1. The van der Waals surface area contributed by atoms with E-state index in [0.717, 1.165) is 19.4 Å². The number of para-hydroxylation sites is 2. The molecule has 3 aliphatic carbocycles. The Labute approximate surface area is 198 Å². The Morgan fingerprint density at radius 1 is 0.812 bits per heavy atom. The molecule has 3 heteroatoms. The lowest BCUT2D eigenvalue weighted by Gasteiger charge is -2.54. The van der Waals surface area contributed by atoms with E-state index in [1.54, 1.807) is 11.3 Å². The summed E-state index contributed by atoms with van der Waals surface area (Å²) in [5, 5.41) is 1.52. The van der Waals surface area contributed by atoms with Gasteiger partial charge < -0.3 is 4.57 Å². The van der Waals surface area contributed by atoms with Crippen molar-refractivity contribution in [2.24, 2.45) is 10.8 Å².